The number of aryl methyl sites for hydroxylation is 2. The Labute approximate surface area is 185 Å². The van der Waals surface area contributed by atoms with Crippen LogP contribution in [0, 0.1) is 25.5 Å². The number of aromatic nitrogens is 4. The summed E-state index contributed by atoms with van der Waals surface area (Å²) in [5, 5.41) is 8.55. The fourth-order valence-corrected chi connectivity index (χ4v) is 4.17. The van der Waals surface area contributed by atoms with Crippen LogP contribution in [0.15, 0.2) is 29.8 Å². The van der Waals surface area contributed by atoms with Crippen LogP contribution < -0.4 is 11.1 Å². The Bertz CT molecular complexity index is 1340. The normalized spacial score (nSPS) is 11.1. The first-order valence-corrected chi connectivity index (χ1v) is 10.5. The molecule has 2 amide bonds. The van der Waals surface area contributed by atoms with Gasteiger partial charge in [-0.1, -0.05) is 6.07 Å². The van der Waals surface area contributed by atoms with Crippen LogP contribution in [0.25, 0.3) is 16.9 Å². The number of carbonyl (C=O) groups excluding carboxylic acids is 2. The molecule has 0 atom stereocenters. The molecule has 0 spiro atoms. The lowest BCUT2D eigenvalue weighted by atomic mass is 10.1. The fraction of sp³-hybridized carbons (Fsp3) is 0.190. The van der Waals surface area contributed by atoms with Gasteiger partial charge >= 0.3 is 0 Å². The molecule has 3 heterocycles. The Balaban J connectivity index is 1.48. The van der Waals surface area contributed by atoms with Gasteiger partial charge in [-0.25, -0.2) is 23.3 Å². The second-order valence-electron chi connectivity index (χ2n) is 7.10. The second kappa shape index (κ2) is 8.42. The number of amides is 2. The lowest BCUT2D eigenvalue weighted by Crippen LogP contribution is -2.15. The Morgan fingerprint density at radius 3 is 2.59 bits per heavy atom. The minimum Gasteiger partial charge on any atom is -0.365 e. The van der Waals surface area contributed by atoms with Crippen LogP contribution >= 0.6 is 11.3 Å². The zero-order valence-corrected chi connectivity index (χ0v) is 18.0. The average Bonchev–Trinajstić information content (AvgIpc) is 3.35. The summed E-state index contributed by atoms with van der Waals surface area (Å²) in [7, 11) is 0. The predicted molar refractivity (Wildman–Crippen MR) is 115 cm³/mol. The molecule has 11 heteroatoms. The molecule has 0 aliphatic rings. The maximum atomic E-state index is 13.9. The summed E-state index contributed by atoms with van der Waals surface area (Å²) < 4.78 is 29.4. The largest absolute Gasteiger partial charge is 0.365 e. The number of nitrogens with zero attached hydrogens (tertiary/aromatic N) is 4. The van der Waals surface area contributed by atoms with Gasteiger partial charge in [0.1, 0.15) is 17.2 Å². The van der Waals surface area contributed by atoms with Crippen LogP contribution in [0.4, 0.5) is 13.9 Å². The maximum absolute atomic E-state index is 13.9. The highest BCUT2D eigenvalue weighted by atomic mass is 32.1. The van der Waals surface area contributed by atoms with Crippen molar-refractivity contribution in [3.63, 3.8) is 0 Å². The first-order chi connectivity index (χ1) is 15.3. The zero-order chi connectivity index (χ0) is 23.0. The van der Waals surface area contributed by atoms with Gasteiger partial charge in [-0.2, -0.15) is 5.10 Å². The van der Waals surface area contributed by atoms with Gasteiger partial charge in [0.25, 0.3) is 5.91 Å². The topological polar surface area (TPSA) is 115 Å². The van der Waals surface area contributed by atoms with Crippen molar-refractivity contribution in [3.05, 3.63) is 63.9 Å². The van der Waals surface area contributed by atoms with Crippen molar-refractivity contribution < 1.29 is 18.4 Å². The second-order valence-corrected chi connectivity index (χ2v) is 7.96. The van der Waals surface area contributed by atoms with Crippen molar-refractivity contribution in [2.45, 2.75) is 26.7 Å². The summed E-state index contributed by atoms with van der Waals surface area (Å²) >= 11 is 1.08. The van der Waals surface area contributed by atoms with Crippen LogP contribution in [-0.4, -0.2) is 31.4 Å². The number of fused-ring (bicyclic) bond motifs is 1. The summed E-state index contributed by atoms with van der Waals surface area (Å²) in [5.74, 6) is -2.37. The van der Waals surface area contributed by atoms with E-state index in [1.54, 1.807) is 6.92 Å². The number of benzene rings is 1. The summed E-state index contributed by atoms with van der Waals surface area (Å²) in [6.45, 7) is 3.61. The molecule has 0 aliphatic heterocycles. The molecule has 3 aromatic heterocycles. The molecule has 164 valence electrons. The van der Waals surface area contributed by atoms with Crippen molar-refractivity contribution in [3.8, 4) is 11.3 Å². The number of hydrogen-bond acceptors (Lipinski definition) is 6. The molecule has 0 bridgehead atoms. The van der Waals surface area contributed by atoms with Crippen molar-refractivity contribution in [1.29, 1.82) is 0 Å². The van der Waals surface area contributed by atoms with Gasteiger partial charge < -0.3 is 11.1 Å². The first kappa shape index (κ1) is 21.5. The Hall–Kier alpha value is -3.73. The smallest absolute Gasteiger partial charge is 0.254 e. The number of primary amides is 1. The van der Waals surface area contributed by atoms with Gasteiger partial charge in [0.15, 0.2) is 10.8 Å². The van der Waals surface area contributed by atoms with Crippen molar-refractivity contribution in [2.24, 2.45) is 5.73 Å². The van der Waals surface area contributed by atoms with E-state index in [0.29, 0.717) is 17.8 Å². The number of thiazole rings is 1. The standard InChI is InChI=1S/C21H18F2N6O2S/c1-10-12(11(2)29-20(26-10)13(8-25-29)19(24)31)6-7-17(30)28-21-27-16(9-32-21)18-14(22)4-3-5-15(18)23/h3-5,8-9H,6-7H2,1-2H3,(H2,24,31)(H,27,28,30). The van der Waals surface area contributed by atoms with Gasteiger partial charge in [-0.05, 0) is 38.0 Å². The average molecular weight is 456 g/mol. The van der Waals surface area contributed by atoms with Crippen molar-refractivity contribution in [1.82, 2.24) is 19.6 Å². The predicted octanol–water partition coefficient (Wildman–Crippen LogP) is 3.42. The molecule has 1 aromatic carbocycles. The Morgan fingerprint density at radius 2 is 1.91 bits per heavy atom. The van der Waals surface area contributed by atoms with E-state index >= 15 is 0 Å². The minimum atomic E-state index is -0.722. The number of nitrogens with one attached hydrogen (secondary N) is 1. The lowest BCUT2D eigenvalue weighted by molar-refractivity contribution is -0.116. The highest BCUT2D eigenvalue weighted by Gasteiger charge is 2.18. The fourth-order valence-electron chi connectivity index (χ4n) is 3.46. The lowest BCUT2D eigenvalue weighted by Gasteiger charge is -2.11. The Kier molecular flexibility index (Phi) is 5.66. The first-order valence-electron chi connectivity index (χ1n) is 9.59. The van der Waals surface area contributed by atoms with Crippen molar-refractivity contribution >= 4 is 33.9 Å². The number of anilines is 1. The zero-order valence-electron chi connectivity index (χ0n) is 17.1. The van der Waals surface area contributed by atoms with Gasteiger partial charge in [-0.15, -0.1) is 11.3 Å². The molecule has 0 unspecified atom stereocenters. The molecular formula is C21H18F2N6O2S. The molecule has 0 saturated heterocycles. The summed E-state index contributed by atoms with van der Waals surface area (Å²) in [6, 6.07) is 3.58. The number of hydrogen-bond donors (Lipinski definition) is 2. The summed E-state index contributed by atoms with van der Waals surface area (Å²) in [4.78, 5) is 32.5. The minimum absolute atomic E-state index is 0.117. The van der Waals surface area contributed by atoms with E-state index in [4.69, 9.17) is 5.73 Å². The molecule has 0 saturated carbocycles. The molecule has 32 heavy (non-hydrogen) atoms. The summed E-state index contributed by atoms with van der Waals surface area (Å²) in [6.07, 6.45) is 1.87. The van der Waals surface area contributed by atoms with Crippen LogP contribution in [0.1, 0.15) is 33.7 Å². The van der Waals surface area contributed by atoms with E-state index in [1.807, 2.05) is 6.92 Å². The van der Waals surface area contributed by atoms with E-state index in [9.17, 15) is 18.4 Å². The van der Waals surface area contributed by atoms with E-state index < -0.39 is 17.5 Å². The highest BCUT2D eigenvalue weighted by Crippen LogP contribution is 2.29. The van der Waals surface area contributed by atoms with E-state index in [1.165, 1.54) is 22.2 Å². The number of halogens is 2. The van der Waals surface area contributed by atoms with Crippen LogP contribution in [-0.2, 0) is 11.2 Å². The number of nitrogens with two attached hydrogens (primary N) is 1. The molecule has 0 radical (unpaired) electrons. The molecule has 4 aromatic rings. The van der Waals surface area contributed by atoms with Gasteiger partial charge in [-0.3, -0.25) is 9.59 Å². The molecule has 0 aliphatic carbocycles. The maximum Gasteiger partial charge on any atom is 0.254 e. The molecule has 8 nitrogen and oxygen atoms in total. The summed E-state index contributed by atoms with van der Waals surface area (Å²) in [5.41, 5.74) is 8.08. The van der Waals surface area contributed by atoms with Gasteiger partial charge in [0, 0.05) is 23.2 Å². The quantitative estimate of drug-likeness (QED) is 0.461. The SMILES string of the molecule is Cc1nc2c(C(N)=O)cnn2c(C)c1CCC(=O)Nc1nc(-c2c(F)cccc2F)cs1. The highest BCUT2D eigenvalue weighted by molar-refractivity contribution is 7.14. The number of carbonyl (C=O) groups is 2. The van der Waals surface area contributed by atoms with Crippen molar-refractivity contribution in [2.75, 3.05) is 5.32 Å². The van der Waals surface area contributed by atoms with Crippen LogP contribution in [0.5, 0.6) is 0 Å². The molecule has 3 N–H and O–H groups in total. The third kappa shape index (κ3) is 3.94. The van der Waals surface area contributed by atoms with E-state index in [2.05, 4.69) is 20.4 Å². The monoisotopic (exact) mass is 456 g/mol. The van der Waals surface area contributed by atoms with Crippen LogP contribution in [0.2, 0.25) is 0 Å². The van der Waals surface area contributed by atoms with E-state index in [-0.39, 0.29) is 34.3 Å². The molecular weight excluding hydrogens is 438 g/mol. The molecule has 4 rings (SSSR count). The third-order valence-corrected chi connectivity index (χ3v) is 5.80. The Morgan fingerprint density at radius 1 is 1.19 bits per heavy atom. The van der Waals surface area contributed by atoms with Gasteiger partial charge in [0.05, 0.1) is 17.5 Å². The van der Waals surface area contributed by atoms with Crippen LogP contribution in [0.3, 0.4) is 0 Å². The van der Waals surface area contributed by atoms with E-state index in [0.717, 1.165) is 34.7 Å². The van der Waals surface area contributed by atoms with Gasteiger partial charge in [0.2, 0.25) is 5.91 Å². The molecule has 0 fully saturated rings. The number of rotatable bonds is 6. The third-order valence-electron chi connectivity index (χ3n) is 5.05.